The molecule has 5 heteroatoms. The largest absolute Gasteiger partial charge is 0.369 e. The summed E-state index contributed by atoms with van der Waals surface area (Å²) in [7, 11) is 0. The zero-order valence-electron chi connectivity index (χ0n) is 10.3. The van der Waals surface area contributed by atoms with Crippen molar-refractivity contribution < 1.29 is 0 Å². The lowest BCUT2D eigenvalue weighted by atomic mass is 9.96. The molecule has 2 aromatic heterocycles. The van der Waals surface area contributed by atoms with Crippen LogP contribution in [0.1, 0.15) is 29.9 Å². The van der Waals surface area contributed by atoms with Crippen LogP contribution in [0, 0.1) is 0 Å². The predicted molar refractivity (Wildman–Crippen MR) is 69.5 cm³/mol. The number of nitrogens with zero attached hydrogens (tertiary/aromatic N) is 3. The van der Waals surface area contributed by atoms with Crippen LogP contribution < -0.4 is 5.32 Å². The molecular weight excluding hydrogens is 226 g/mol. The van der Waals surface area contributed by atoms with Crippen molar-refractivity contribution in [1.29, 1.82) is 0 Å². The molecule has 18 heavy (non-hydrogen) atoms. The van der Waals surface area contributed by atoms with Crippen molar-refractivity contribution in [2.24, 2.45) is 0 Å². The van der Waals surface area contributed by atoms with Crippen LogP contribution in [-0.2, 0) is 19.3 Å². The van der Waals surface area contributed by atoms with E-state index in [0.29, 0.717) is 0 Å². The van der Waals surface area contributed by atoms with Gasteiger partial charge in [-0.1, -0.05) is 0 Å². The van der Waals surface area contributed by atoms with Gasteiger partial charge in [0.1, 0.15) is 18.0 Å². The SMILES string of the molecule is c1c[nH]c(CCNc2ncnc3c2CCCC3)n1. The average Bonchev–Trinajstić information content (AvgIpc) is 2.92. The number of rotatable bonds is 4. The maximum Gasteiger partial charge on any atom is 0.132 e. The molecule has 0 aliphatic heterocycles. The van der Waals surface area contributed by atoms with E-state index in [-0.39, 0.29) is 0 Å². The molecule has 2 heterocycles. The number of hydrogen-bond donors (Lipinski definition) is 2. The van der Waals surface area contributed by atoms with Gasteiger partial charge in [0.2, 0.25) is 0 Å². The molecule has 5 nitrogen and oxygen atoms in total. The first-order chi connectivity index (χ1) is 8.93. The summed E-state index contributed by atoms with van der Waals surface area (Å²) in [6.07, 6.45) is 10.8. The van der Waals surface area contributed by atoms with Crippen LogP contribution >= 0.6 is 0 Å². The van der Waals surface area contributed by atoms with Crippen molar-refractivity contribution in [3.05, 3.63) is 35.8 Å². The van der Waals surface area contributed by atoms with Crippen LogP contribution in [0.15, 0.2) is 18.7 Å². The fraction of sp³-hybridized carbons (Fsp3) is 0.462. The zero-order chi connectivity index (χ0) is 12.2. The van der Waals surface area contributed by atoms with E-state index in [9.17, 15) is 0 Å². The standard InChI is InChI=1S/C13H17N5/c1-2-4-11-10(3-1)13(18-9-17-11)16-6-5-12-14-7-8-15-12/h7-9H,1-6H2,(H,14,15)(H,16,17,18). The van der Waals surface area contributed by atoms with Crippen molar-refractivity contribution in [1.82, 2.24) is 19.9 Å². The van der Waals surface area contributed by atoms with Gasteiger partial charge in [0.15, 0.2) is 0 Å². The van der Waals surface area contributed by atoms with Gasteiger partial charge in [-0.15, -0.1) is 0 Å². The van der Waals surface area contributed by atoms with E-state index in [1.54, 1.807) is 12.5 Å². The molecule has 0 amide bonds. The van der Waals surface area contributed by atoms with E-state index in [1.807, 2.05) is 6.20 Å². The number of anilines is 1. The summed E-state index contributed by atoms with van der Waals surface area (Å²) in [6, 6.07) is 0. The van der Waals surface area contributed by atoms with Gasteiger partial charge in [-0.3, -0.25) is 0 Å². The van der Waals surface area contributed by atoms with Gasteiger partial charge in [0.25, 0.3) is 0 Å². The normalized spacial score (nSPS) is 14.2. The molecule has 2 aromatic rings. The number of nitrogens with one attached hydrogen (secondary N) is 2. The molecule has 0 aromatic carbocycles. The molecule has 0 fully saturated rings. The van der Waals surface area contributed by atoms with E-state index < -0.39 is 0 Å². The Balaban J connectivity index is 1.65. The van der Waals surface area contributed by atoms with E-state index in [1.165, 1.54) is 24.1 Å². The third-order valence-electron chi connectivity index (χ3n) is 3.33. The molecule has 0 saturated heterocycles. The molecule has 1 aliphatic carbocycles. The second kappa shape index (κ2) is 5.16. The third kappa shape index (κ3) is 2.34. The number of aromatic nitrogens is 4. The van der Waals surface area contributed by atoms with Gasteiger partial charge >= 0.3 is 0 Å². The highest BCUT2D eigenvalue weighted by atomic mass is 15.0. The fourth-order valence-corrected chi connectivity index (χ4v) is 2.41. The molecule has 2 N–H and O–H groups in total. The molecule has 94 valence electrons. The molecule has 0 unspecified atom stereocenters. The lowest BCUT2D eigenvalue weighted by molar-refractivity contribution is 0.663. The van der Waals surface area contributed by atoms with Crippen LogP contribution in [0.4, 0.5) is 5.82 Å². The van der Waals surface area contributed by atoms with E-state index in [2.05, 4.69) is 25.3 Å². The number of H-pyrrole nitrogens is 1. The van der Waals surface area contributed by atoms with E-state index >= 15 is 0 Å². The first-order valence-electron chi connectivity index (χ1n) is 6.48. The Kier molecular flexibility index (Phi) is 3.21. The Morgan fingerprint density at radius 1 is 1.17 bits per heavy atom. The van der Waals surface area contributed by atoms with E-state index in [4.69, 9.17) is 0 Å². The van der Waals surface area contributed by atoms with Crippen LogP contribution in [0.5, 0.6) is 0 Å². The van der Waals surface area contributed by atoms with Crippen molar-refractivity contribution in [3.8, 4) is 0 Å². The van der Waals surface area contributed by atoms with Gasteiger partial charge < -0.3 is 10.3 Å². The minimum absolute atomic E-state index is 0.844. The Bertz CT molecular complexity index is 506. The maximum atomic E-state index is 4.37. The summed E-state index contributed by atoms with van der Waals surface area (Å²) in [6.45, 7) is 0.844. The number of fused-ring (bicyclic) bond motifs is 1. The Morgan fingerprint density at radius 3 is 3.00 bits per heavy atom. The smallest absolute Gasteiger partial charge is 0.132 e. The van der Waals surface area contributed by atoms with Crippen LogP contribution in [-0.4, -0.2) is 26.5 Å². The fourth-order valence-electron chi connectivity index (χ4n) is 2.41. The highest BCUT2D eigenvalue weighted by Crippen LogP contribution is 2.24. The van der Waals surface area contributed by atoms with Crippen LogP contribution in [0.2, 0.25) is 0 Å². The Labute approximate surface area is 106 Å². The van der Waals surface area contributed by atoms with Crippen molar-refractivity contribution in [2.45, 2.75) is 32.1 Å². The van der Waals surface area contributed by atoms with Gasteiger partial charge in [-0.05, 0) is 25.7 Å². The van der Waals surface area contributed by atoms with Crippen molar-refractivity contribution in [3.63, 3.8) is 0 Å². The monoisotopic (exact) mass is 243 g/mol. The first-order valence-corrected chi connectivity index (χ1v) is 6.48. The number of aromatic amines is 1. The summed E-state index contributed by atoms with van der Waals surface area (Å²) in [5, 5.41) is 3.40. The second-order valence-electron chi connectivity index (χ2n) is 4.57. The van der Waals surface area contributed by atoms with Gasteiger partial charge in [-0.25, -0.2) is 15.0 Å². The predicted octanol–water partition coefficient (Wildman–Crippen LogP) is 1.73. The summed E-state index contributed by atoms with van der Waals surface area (Å²) < 4.78 is 0. The highest BCUT2D eigenvalue weighted by Gasteiger charge is 2.14. The molecule has 0 atom stereocenters. The molecule has 3 rings (SSSR count). The van der Waals surface area contributed by atoms with Gasteiger partial charge in [0.05, 0.1) is 0 Å². The van der Waals surface area contributed by atoms with E-state index in [0.717, 1.165) is 37.4 Å². The zero-order valence-corrected chi connectivity index (χ0v) is 10.3. The first kappa shape index (κ1) is 11.2. The number of imidazole rings is 1. The average molecular weight is 243 g/mol. The quantitative estimate of drug-likeness (QED) is 0.858. The Hall–Kier alpha value is -1.91. The molecule has 0 radical (unpaired) electrons. The summed E-state index contributed by atoms with van der Waals surface area (Å²) >= 11 is 0. The molecular formula is C13H17N5. The molecule has 1 aliphatic rings. The summed E-state index contributed by atoms with van der Waals surface area (Å²) in [4.78, 5) is 16.0. The minimum atomic E-state index is 0.844. The van der Waals surface area contributed by atoms with Crippen molar-refractivity contribution in [2.75, 3.05) is 11.9 Å². The molecule has 0 bridgehead atoms. The second-order valence-corrected chi connectivity index (χ2v) is 4.57. The van der Waals surface area contributed by atoms with Gasteiger partial charge in [-0.2, -0.15) is 0 Å². The summed E-state index contributed by atoms with van der Waals surface area (Å²) in [5.41, 5.74) is 2.53. The topological polar surface area (TPSA) is 66.5 Å². The lowest BCUT2D eigenvalue weighted by Gasteiger charge is -2.17. The third-order valence-corrected chi connectivity index (χ3v) is 3.33. The minimum Gasteiger partial charge on any atom is -0.369 e. The van der Waals surface area contributed by atoms with Crippen molar-refractivity contribution >= 4 is 5.82 Å². The number of aryl methyl sites for hydroxylation is 1. The van der Waals surface area contributed by atoms with Crippen LogP contribution in [0.3, 0.4) is 0 Å². The molecule has 0 saturated carbocycles. The summed E-state index contributed by atoms with van der Waals surface area (Å²) in [5.74, 6) is 2.01. The van der Waals surface area contributed by atoms with Gasteiger partial charge in [0, 0.05) is 36.6 Å². The maximum absolute atomic E-state index is 4.37. The number of hydrogen-bond acceptors (Lipinski definition) is 4. The lowest BCUT2D eigenvalue weighted by Crippen LogP contribution is -2.14. The Morgan fingerprint density at radius 2 is 2.11 bits per heavy atom. The van der Waals surface area contributed by atoms with Crippen LogP contribution in [0.25, 0.3) is 0 Å². The molecule has 0 spiro atoms. The highest BCUT2D eigenvalue weighted by molar-refractivity contribution is 5.46.